The Morgan fingerprint density at radius 3 is 1.42 bits per heavy atom. The maximum atomic E-state index is 2.68. The number of allylic oxidation sites excluding steroid dienone is 8. The van der Waals surface area contributed by atoms with Gasteiger partial charge in [-0.15, -0.1) is 0 Å². The van der Waals surface area contributed by atoms with Gasteiger partial charge in [0.25, 0.3) is 0 Å². The summed E-state index contributed by atoms with van der Waals surface area (Å²) in [4.78, 5) is 0. The summed E-state index contributed by atoms with van der Waals surface area (Å²) < 4.78 is 3.73. The number of rotatable bonds is 4. The standard InChI is InChI=1S/C25H25.C15H14.C9H13.2ClH.Zr/c1-14-12-24(3,4)22-8-16-7-17-9-23-19(15(2)13-25(23,5)6)11-21(17)20(16)10-18(14)22;1-12-3-7-14(8-4-12)11-15-9-5-13(2)6-10-15;1-9(2,3)8-6-4-5-7-8;;;/h7-13H,1-6H3;3-10H,1-2H3;6-7H,4H2,1-3H3;2*1H;/q;;;;;+2/p-2. The largest absolute Gasteiger partial charge is 1.00 e. The molecule has 0 spiro atoms. The van der Waals surface area contributed by atoms with Crippen molar-refractivity contribution in [2.45, 2.75) is 97.0 Å². The van der Waals surface area contributed by atoms with E-state index in [-0.39, 0.29) is 41.1 Å². The second kappa shape index (κ2) is 13.5. The van der Waals surface area contributed by atoms with Crippen molar-refractivity contribution in [2.24, 2.45) is 5.41 Å². The van der Waals surface area contributed by atoms with Crippen molar-refractivity contribution >= 4 is 14.4 Å². The normalized spacial score (nSPS) is 17.3. The summed E-state index contributed by atoms with van der Waals surface area (Å²) in [6.07, 6.45) is 11.3. The molecule has 0 fully saturated rings. The van der Waals surface area contributed by atoms with Gasteiger partial charge in [-0.2, -0.15) is 0 Å². The zero-order chi connectivity index (χ0) is 35.5. The minimum atomic E-state index is -2.90. The minimum absolute atomic E-state index is 0. The van der Waals surface area contributed by atoms with Crippen molar-refractivity contribution in [3.8, 4) is 11.1 Å². The summed E-state index contributed by atoms with van der Waals surface area (Å²) in [6.45, 7) is 25.8. The van der Waals surface area contributed by atoms with E-state index in [4.69, 9.17) is 0 Å². The van der Waals surface area contributed by atoms with Gasteiger partial charge in [0.1, 0.15) is 0 Å². The third kappa shape index (κ3) is 6.32. The van der Waals surface area contributed by atoms with Gasteiger partial charge in [0.2, 0.25) is 0 Å². The van der Waals surface area contributed by atoms with Crippen LogP contribution in [0.15, 0.2) is 106 Å². The Morgan fingerprint density at radius 1 is 0.615 bits per heavy atom. The molecule has 52 heavy (non-hydrogen) atoms. The number of aryl methyl sites for hydroxylation is 2. The Labute approximate surface area is 333 Å². The van der Waals surface area contributed by atoms with Crippen LogP contribution in [0.2, 0.25) is 0 Å². The first-order valence-electron chi connectivity index (χ1n) is 18.6. The molecule has 4 aliphatic carbocycles. The van der Waals surface area contributed by atoms with E-state index in [1.54, 1.807) is 17.6 Å². The van der Waals surface area contributed by atoms with Crippen molar-refractivity contribution in [2.75, 3.05) is 0 Å². The minimum Gasteiger partial charge on any atom is -1.00 e. The van der Waals surface area contributed by atoms with Crippen LogP contribution in [0.25, 0.3) is 22.3 Å². The molecule has 0 radical (unpaired) electrons. The molecule has 0 unspecified atom stereocenters. The molecular weight excluding hydrogens is 751 g/mol. The Morgan fingerprint density at radius 2 is 1.04 bits per heavy atom. The van der Waals surface area contributed by atoms with Crippen LogP contribution in [-0.4, -0.2) is 3.21 Å². The molecule has 0 aromatic heterocycles. The predicted molar refractivity (Wildman–Crippen MR) is 213 cm³/mol. The predicted octanol–water partition coefficient (Wildman–Crippen LogP) is 6.92. The van der Waals surface area contributed by atoms with Crippen molar-refractivity contribution in [1.29, 1.82) is 0 Å². The summed E-state index contributed by atoms with van der Waals surface area (Å²) in [5, 5.41) is 0. The van der Waals surface area contributed by atoms with E-state index in [2.05, 4.69) is 173 Å². The van der Waals surface area contributed by atoms with Crippen LogP contribution in [0.5, 0.6) is 0 Å². The van der Waals surface area contributed by atoms with Crippen LogP contribution in [-0.2, 0) is 32.1 Å². The monoisotopic (exact) mass is 800 g/mol. The van der Waals surface area contributed by atoms with Crippen molar-refractivity contribution in [3.05, 3.63) is 162 Å². The van der Waals surface area contributed by atoms with Gasteiger partial charge in [0.05, 0.1) is 0 Å². The molecule has 4 aromatic rings. The maximum absolute atomic E-state index is 2.90. The van der Waals surface area contributed by atoms with Gasteiger partial charge in [0, 0.05) is 0 Å². The summed E-state index contributed by atoms with van der Waals surface area (Å²) in [5.74, 6) is 0. The molecule has 8 rings (SSSR count). The van der Waals surface area contributed by atoms with E-state index in [9.17, 15) is 0 Å². The van der Waals surface area contributed by atoms with Crippen LogP contribution < -0.4 is 24.8 Å². The van der Waals surface area contributed by atoms with Gasteiger partial charge in [-0.25, -0.2) is 0 Å². The van der Waals surface area contributed by atoms with Crippen LogP contribution in [0, 0.1) is 19.3 Å². The third-order valence-corrected chi connectivity index (χ3v) is 20.3. The molecule has 0 bridgehead atoms. The molecule has 4 aromatic carbocycles. The van der Waals surface area contributed by atoms with E-state index in [0.717, 1.165) is 6.42 Å². The Hall–Kier alpha value is -2.83. The SMILES string of the molecule is CC1=CC(C)(C)c2cc3c(cc21)-c1cc2c(cc1[CH]3[Zr+2]([C]1=CC(C(C)(C)C)=CC1)=[C](c1ccc(C)cc1)c1ccc(C)cc1)C(C)(C)C=C2C.[Cl-].[Cl-]. The maximum Gasteiger partial charge on any atom is -1.00 e. The Balaban J connectivity index is 0.00000232. The molecular formula is C49H52Cl2Zr. The number of halogens is 2. The van der Waals surface area contributed by atoms with Crippen LogP contribution in [0.3, 0.4) is 0 Å². The van der Waals surface area contributed by atoms with Gasteiger partial charge in [0.15, 0.2) is 0 Å². The van der Waals surface area contributed by atoms with Crippen LogP contribution in [0.1, 0.15) is 128 Å². The Bertz CT molecular complexity index is 2140. The molecule has 4 aliphatic rings. The average molecular weight is 803 g/mol. The second-order valence-electron chi connectivity index (χ2n) is 17.8. The van der Waals surface area contributed by atoms with E-state index < -0.39 is 21.3 Å². The van der Waals surface area contributed by atoms with Gasteiger partial charge in [-0.3, -0.25) is 0 Å². The first kappa shape index (κ1) is 38.9. The van der Waals surface area contributed by atoms with Gasteiger partial charge < -0.3 is 24.8 Å². The molecule has 0 heterocycles. The number of benzene rings is 4. The average Bonchev–Trinajstić information content (AvgIpc) is 3.77. The summed E-state index contributed by atoms with van der Waals surface area (Å²) in [7, 11) is 0. The zero-order valence-corrected chi connectivity index (χ0v) is 36.7. The van der Waals surface area contributed by atoms with Crippen LogP contribution in [0.4, 0.5) is 0 Å². The van der Waals surface area contributed by atoms with Crippen molar-refractivity contribution < 1.29 is 46.1 Å². The molecule has 0 nitrogen and oxygen atoms in total. The molecule has 0 N–H and O–H groups in total. The molecule has 266 valence electrons. The molecule has 0 aliphatic heterocycles. The van der Waals surface area contributed by atoms with Crippen LogP contribution >= 0.6 is 0 Å². The fraction of sp³-hybridized carbons (Fsp3) is 0.327. The van der Waals surface area contributed by atoms with Gasteiger partial charge >= 0.3 is 311 Å². The van der Waals surface area contributed by atoms with Crippen molar-refractivity contribution in [1.82, 2.24) is 0 Å². The Kier molecular flexibility index (Phi) is 10.1. The fourth-order valence-corrected chi connectivity index (χ4v) is 18.4. The van der Waals surface area contributed by atoms with E-state index >= 15 is 0 Å². The quantitative estimate of drug-likeness (QED) is 0.211. The fourth-order valence-electron chi connectivity index (χ4n) is 9.41. The molecule has 0 saturated heterocycles. The van der Waals surface area contributed by atoms with E-state index in [1.807, 2.05) is 0 Å². The smallest absolute Gasteiger partial charge is 1.00 e. The first-order chi connectivity index (χ1) is 23.5. The first-order valence-corrected chi connectivity index (χ1v) is 22.5. The summed E-state index contributed by atoms with van der Waals surface area (Å²) >= 11 is -2.90. The topological polar surface area (TPSA) is 0 Å². The van der Waals surface area contributed by atoms with Crippen molar-refractivity contribution in [3.63, 3.8) is 0 Å². The summed E-state index contributed by atoms with van der Waals surface area (Å²) in [5.41, 5.74) is 21.9. The number of hydrogen-bond acceptors (Lipinski definition) is 0. The van der Waals surface area contributed by atoms with E-state index in [0.29, 0.717) is 3.63 Å². The van der Waals surface area contributed by atoms with Gasteiger partial charge in [-0.05, 0) is 0 Å². The second-order valence-corrected chi connectivity index (χ2v) is 24.1. The summed E-state index contributed by atoms with van der Waals surface area (Å²) in [6, 6.07) is 29.6. The molecule has 0 atom stereocenters. The van der Waals surface area contributed by atoms with Gasteiger partial charge in [-0.1, -0.05) is 0 Å². The number of hydrogen-bond donors (Lipinski definition) is 0. The zero-order valence-electron chi connectivity index (χ0n) is 32.8. The molecule has 0 amide bonds. The van der Waals surface area contributed by atoms with E-state index in [1.165, 1.54) is 72.4 Å². The molecule has 0 saturated carbocycles. The number of fused-ring (bicyclic) bond motifs is 5. The molecule has 3 heteroatoms. The third-order valence-electron chi connectivity index (χ3n) is 12.0.